The average molecular weight is 340 g/mol. The Kier molecular flexibility index (Phi) is 4.02. The van der Waals surface area contributed by atoms with Gasteiger partial charge in [-0.3, -0.25) is 4.79 Å². The van der Waals surface area contributed by atoms with E-state index in [-0.39, 0.29) is 16.2 Å². The third-order valence-corrected chi connectivity index (χ3v) is 6.12. The standard InChI is InChI=1S/C13H16N4O3S2/c14-22(19,20)12-6-10(8-21-12)13(18)16-4-1-2-11(7-16)17-5-3-15-9-17/h3,5-6,8-9,11H,1-2,4,7H2,(H2,14,19,20). The van der Waals surface area contributed by atoms with Crippen LogP contribution in [0.4, 0.5) is 0 Å². The van der Waals surface area contributed by atoms with Gasteiger partial charge in [0, 0.05) is 30.9 Å². The zero-order valence-electron chi connectivity index (χ0n) is 11.8. The molecule has 0 spiro atoms. The summed E-state index contributed by atoms with van der Waals surface area (Å²) in [5, 5.41) is 6.63. The quantitative estimate of drug-likeness (QED) is 0.903. The van der Waals surface area contributed by atoms with Gasteiger partial charge in [0.1, 0.15) is 4.21 Å². The highest BCUT2D eigenvalue weighted by atomic mass is 32.2. The molecule has 118 valence electrons. The molecule has 3 rings (SSSR count). The lowest BCUT2D eigenvalue weighted by atomic mass is 10.0. The van der Waals surface area contributed by atoms with Gasteiger partial charge in [-0.25, -0.2) is 18.5 Å². The lowest BCUT2D eigenvalue weighted by molar-refractivity contribution is 0.0680. The van der Waals surface area contributed by atoms with Crippen molar-refractivity contribution in [3.05, 3.63) is 35.7 Å². The van der Waals surface area contributed by atoms with E-state index >= 15 is 0 Å². The number of hydrogen-bond donors (Lipinski definition) is 1. The van der Waals surface area contributed by atoms with Crippen molar-refractivity contribution in [1.82, 2.24) is 14.5 Å². The molecule has 1 saturated heterocycles. The predicted molar refractivity (Wildman–Crippen MR) is 82.1 cm³/mol. The van der Waals surface area contributed by atoms with E-state index in [9.17, 15) is 13.2 Å². The number of nitrogens with zero attached hydrogens (tertiary/aromatic N) is 3. The molecule has 3 heterocycles. The predicted octanol–water partition coefficient (Wildman–Crippen LogP) is 1.07. The molecule has 0 aromatic carbocycles. The molecule has 2 aromatic rings. The van der Waals surface area contributed by atoms with Gasteiger partial charge < -0.3 is 9.47 Å². The summed E-state index contributed by atoms with van der Waals surface area (Å²) in [5.41, 5.74) is 0.375. The molecule has 1 fully saturated rings. The summed E-state index contributed by atoms with van der Waals surface area (Å²) >= 11 is 0.972. The number of carbonyl (C=O) groups excluding carboxylic acids is 1. The molecule has 22 heavy (non-hydrogen) atoms. The summed E-state index contributed by atoms with van der Waals surface area (Å²) in [7, 11) is -3.76. The molecule has 1 atom stereocenters. The number of rotatable bonds is 3. The summed E-state index contributed by atoms with van der Waals surface area (Å²) in [5.74, 6) is -0.157. The van der Waals surface area contributed by atoms with Crippen molar-refractivity contribution in [2.24, 2.45) is 5.14 Å². The Bertz CT molecular complexity index is 767. The molecule has 0 aliphatic carbocycles. The maximum atomic E-state index is 12.5. The summed E-state index contributed by atoms with van der Waals surface area (Å²) in [6.07, 6.45) is 7.26. The second-order valence-corrected chi connectivity index (χ2v) is 7.96. The highest BCUT2D eigenvalue weighted by Crippen LogP contribution is 2.25. The van der Waals surface area contributed by atoms with Crippen LogP contribution in [-0.2, 0) is 10.0 Å². The van der Waals surface area contributed by atoms with Gasteiger partial charge in [-0.15, -0.1) is 11.3 Å². The average Bonchev–Trinajstić information content (AvgIpc) is 3.17. The molecule has 2 N–H and O–H groups in total. The van der Waals surface area contributed by atoms with Gasteiger partial charge in [0.15, 0.2) is 0 Å². The van der Waals surface area contributed by atoms with Gasteiger partial charge in [0.2, 0.25) is 10.0 Å². The molecule has 1 unspecified atom stereocenters. The van der Waals surface area contributed by atoms with Crippen LogP contribution in [0.25, 0.3) is 0 Å². The normalized spacial score (nSPS) is 19.3. The van der Waals surface area contributed by atoms with E-state index in [2.05, 4.69) is 4.98 Å². The first-order valence-electron chi connectivity index (χ1n) is 6.83. The number of primary sulfonamides is 1. The van der Waals surface area contributed by atoms with Crippen molar-refractivity contribution in [2.75, 3.05) is 13.1 Å². The molecule has 1 aliphatic heterocycles. The van der Waals surface area contributed by atoms with Crippen LogP contribution < -0.4 is 5.14 Å². The Morgan fingerprint density at radius 1 is 1.45 bits per heavy atom. The van der Waals surface area contributed by atoms with Gasteiger partial charge in [0.05, 0.1) is 17.9 Å². The highest BCUT2D eigenvalue weighted by molar-refractivity contribution is 7.91. The lowest BCUT2D eigenvalue weighted by Crippen LogP contribution is -2.40. The number of aromatic nitrogens is 2. The molecule has 0 radical (unpaired) electrons. The maximum absolute atomic E-state index is 12.5. The Labute approximate surface area is 132 Å². The Morgan fingerprint density at radius 2 is 2.27 bits per heavy atom. The van der Waals surface area contributed by atoms with Crippen LogP contribution in [0.2, 0.25) is 0 Å². The monoisotopic (exact) mass is 340 g/mol. The fraction of sp³-hybridized carbons (Fsp3) is 0.385. The summed E-state index contributed by atoms with van der Waals surface area (Å²) in [6, 6.07) is 1.56. The van der Waals surface area contributed by atoms with Crippen LogP contribution in [0.5, 0.6) is 0 Å². The smallest absolute Gasteiger partial charge is 0.254 e. The molecule has 1 amide bonds. The van der Waals surface area contributed by atoms with E-state index in [0.29, 0.717) is 18.7 Å². The van der Waals surface area contributed by atoms with Crippen molar-refractivity contribution in [3.8, 4) is 0 Å². The number of imidazole rings is 1. The first-order valence-corrected chi connectivity index (χ1v) is 9.26. The van der Waals surface area contributed by atoms with Crippen LogP contribution in [0.1, 0.15) is 29.2 Å². The Morgan fingerprint density at radius 3 is 2.91 bits per heavy atom. The zero-order valence-corrected chi connectivity index (χ0v) is 13.4. The summed E-state index contributed by atoms with van der Waals surface area (Å²) < 4.78 is 24.6. The van der Waals surface area contributed by atoms with Crippen molar-refractivity contribution in [1.29, 1.82) is 0 Å². The first kappa shape index (κ1) is 15.2. The maximum Gasteiger partial charge on any atom is 0.254 e. The number of nitrogens with two attached hydrogens (primary N) is 1. The number of sulfonamides is 1. The largest absolute Gasteiger partial charge is 0.337 e. The van der Waals surface area contributed by atoms with Crippen LogP contribution in [0.15, 0.2) is 34.4 Å². The minimum absolute atomic E-state index is 0.0130. The van der Waals surface area contributed by atoms with Crippen LogP contribution >= 0.6 is 11.3 Å². The second-order valence-electron chi connectivity index (χ2n) is 5.26. The molecule has 2 aromatic heterocycles. The van der Waals surface area contributed by atoms with Gasteiger partial charge in [-0.2, -0.15) is 0 Å². The summed E-state index contributed by atoms with van der Waals surface area (Å²) in [4.78, 5) is 18.3. The van der Waals surface area contributed by atoms with Gasteiger partial charge in [-0.1, -0.05) is 0 Å². The third-order valence-electron chi connectivity index (χ3n) is 3.73. The molecular weight excluding hydrogens is 324 g/mol. The van der Waals surface area contributed by atoms with Gasteiger partial charge in [0.25, 0.3) is 5.91 Å². The fourth-order valence-electron chi connectivity index (χ4n) is 2.63. The van der Waals surface area contributed by atoms with Gasteiger partial charge >= 0.3 is 0 Å². The first-order chi connectivity index (χ1) is 10.4. The number of hydrogen-bond acceptors (Lipinski definition) is 5. The third kappa shape index (κ3) is 3.06. The summed E-state index contributed by atoms with van der Waals surface area (Å²) in [6.45, 7) is 1.26. The van der Waals surface area contributed by atoms with Crippen LogP contribution in [0.3, 0.4) is 0 Å². The van der Waals surface area contributed by atoms with Gasteiger partial charge in [-0.05, 0) is 18.9 Å². The molecule has 9 heteroatoms. The minimum atomic E-state index is -3.76. The number of carbonyl (C=O) groups is 1. The number of thiophene rings is 1. The van der Waals surface area contributed by atoms with Crippen molar-refractivity contribution in [2.45, 2.75) is 23.1 Å². The minimum Gasteiger partial charge on any atom is -0.337 e. The van der Waals surface area contributed by atoms with E-state index in [4.69, 9.17) is 5.14 Å². The SMILES string of the molecule is NS(=O)(=O)c1cc(C(=O)N2CCCC(n3ccnc3)C2)cs1. The van der Waals surface area contributed by atoms with E-state index in [1.54, 1.807) is 22.8 Å². The van der Waals surface area contributed by atoms with E-state index in [0.717, 1.165) is 24.2 Å². The number of likely N-dealkylation sites (tertiary alicyclic amines) is 1. The number of piperidine rings is 1. The molecule has 7 nitrogen and oxygen atoms in total. The van der Waals surface area contributed by atoms with E-state index in [1.165, 1.54) is 6.07 Å². The van der Waals surface area contributed by atoms with E-state index in [1.807, 2.05) is 10.8 Å². The molecular formula is C13H16N4O3S2. The van der Waals surface area contributed by atoms with Crippen molar-refractivity contribution in [3.63, 3.8) is 0 Å². The Balaban J connectivity index is 1.76. The van der Waals surface area contributed by atoms with E-state index < -0.39 is 10.0 Å². The molecule has 0 bridgehead atoms. The van der Waals surface area contributed by atoms with Crippen LogP contribution in [-0.4, -0.2) is 41.9 Å². The fourth-order valence-corrected chi connectivity index (χ4v) is 4.21. The number of amides is 1. The van der Waals surface area contributed by atoms with Crippen molar-refractivity contribution < 1.29 is 13.2 Å². The van der Waals surface area contributed by atoms with Crippen molar-refractivity contribution >= 4 is 27.3 Å². The van der Waals surface area contributed by atoms with Crippen LogP contribution in [0, 0.1) is 0 Å². The Hall–Kier alpha value is -1.71. The highest BCUT2D eigenvalue weighted by Gasteiger charge is 2.26. The topological polar surface area (TPSA) is 98.3 Å². The second kappa shape index (κ2) is 5.82. The molecule has 1 aliphatic rings. The lowest BCUT2D eigenvalue weighted by Gasteiger charge is -2.33. The zero-order chi connectivity index (χ0) is 15.7. The molecule has 0 saturated carbocycles.